The van der Waals surface area contributed by atoms with Crippen LogP contribution in [0.2, 0.25) is 0 Å². The first kappa shape index (κ1) is 13.9. The van der Waals surface area contributed by atoms with Crippen molar-refractivity contribution in [2.75, 3.05) is 26.8 Å². The Balaban J connectivity index is 2.07. The molecule has 1 N–H and O–H groups in total. The van der Waals surface area contributed by atoms with Crippen LogP contribution in [0, 0.1) is 5.82 Å². The van der Waals surface area contributed by atoms with Crippen LogP contribution >= 0.6 is 0 Å². The minimum atomic E-state index is -0.180. The van der Waals surface area contributed by atoms with E-state index in [2.05, 4.69) is 17.5 Å². The first-order valence-corrected chi connectivity index (χ1v) is 5.92. The fourth-order valence-electron chi connectivity index (χ4n) is 1.44. The van der Waals surface area contributed by atoms with Crippen LogP contribution in [0.25, 0.3) is 0 Å². The van der Waals surface area contributed by atoms with Gasteiger partial charge >= 0.3 is 0 Å². The van der Waals surface area contributed by atoms with Crippen LogP contribution in [0.15, 0.2) is 36.4 Å². The SMILES string of the molecule is COCCNCCC=CCc1ccc(F)cc1. The molecule has 2 nitrogen and oxygen atoms in total. The molecule has 0 aliphatic carbocycles. The van der Waals surface area contributed by atoms with E-state index < -0.39 is 0 Å². The zero-order valence-corrected chi connectivity index (χ0v) is 10.3. The fourth-order valence-corrected chi connectivity index (χ4v) is 1.44. The van der Waals surface area contributed by atoms with Crippen LogP contribution in [0.3, 0.4) is 0 Å². The highest BCUT2D eigenvalue weighted by atomic mass is 19.1. The van der Waals surface area contributed by atoms with Gasteiger partial charge in [-0.15, -0.1) is 0 Å². The van der Waals surface area contributed by atoms with Gasteiger partial charge in [0.25, 0.3) is 0 Å². The number of hydrogen-bond acceptors (Lipinski definition) is 2. The zero-order valence-electron chi connectivity index (χ0n) is 10.3. The van der Waals surface area contributed by atoms with Gasteiger partial charge in [-0.05, 0) is 37.1 Å². The molecule has 3 heteroatoms. The fraction of sp³-hybridized carbons (Fsp3) is 0.429. The Morgan fingerprint density at radius 3 is 2.65 bits per heavy atom. The van der Waals surface area contributed by atoms with Crippen LogP contribution in [0.1, 0.15) is 12.0 Å². The van der Waals surface area contributed by atoms with Gasteiger partial charge in [-0.1, -0.05) is 24.3 Å². The van der Waals surface area contributed by atoms with Crippen LogP contribution < -0.4 is 5.32 Å². The molecule has 1 aromatic rings. The molecule has 0 amide bonds. The highest BCUT2D eigenvalue weighted by Gasteiger charge is 1.90. The number of nitrogens with one attached hydrogen (secondary N) is 1. The van der Waals surface area contributed by atoms with Crippen molar-refractivity contribution in [3.05, 3.63) is 47.8 Å². The van der Waals surface area contributed by atoms with E-state index >= 15 is 0 Å². The highest BCUT2D eigenvalue weighted by Crippen LogP contribution is 2.04. The zero-order chi connectivity index (χ0) is 12.3. The Kier molecular flexibility index (Phi) is 7.27. The maximum absolute atomic E-state index is 12.6. The predicted molar refractivity (Wildman–Crippen MR) is 68.6 cm³/mol. The third kappa shape index (κ3) is 6.87. The van der Waals surface area contributed by atoms with Crippen molar-refractivity contribution >= 4 is 0 Å². The summed E-state index contributed by atoms with van der Waals surface area (Å²) in [5.41, 5.74) is 1.13. The molecule has 0 saturated heterocycles. The van der Waals surface area contributed by atoms with E-state index in [0.717, 1.165) is 38.1 Å². The van der Waals surface area contributed by atoms with Gasteiger partial charge in [-0.25, -0.2) is 4.39 Å². The number of hydrogen-bond donors (Lipinski definition) is 1. The second-order valence-corrected chi connectivity index (χ2v) is 3.83. The highest BCUT2D eigenvalue weighted by molar-refractivity contribution is 5.18. The molecule has 0 heterocycles. The monoisotopic (exact) mass is 237 g/mol. The molecule has 1 rings (SSSR count). The molecule has 17 heavy (non-hydrogen) atoms. The van der Waals surface area contributed by atoms with Crippen molar-refractivity contribution in [1.82, 2.24) is 5.32 Å². The Hall–Kier alpha value is -1.19. The maximum Gasteiger partial charge on any atom is 0.123 e. The van der Waals surface area contributed by atoms with Gasteiger partial charge in [-0.3, -0.25) is 0 Å². The quantitative estimate of drug-likeness (QED) is 0.554. The van der Waals surface area contributed by atoms with E-state index in [4.69, 9.17) is 4.74 Å². The Morgan fingerprint density at radius 1 is 1.18 bits per heavy atom. The molecule has 94 valence electrons. The summed E-state index contributed by atoms with van der Waals surface area (Å²) in [6.07, 6.45) is 6.12. The minimum absolute atomic E-state index is 0.180. The summed E-state index contributed by atoms with van der Waals surface area (Å²) in [4.78, 5) is 0. The molecule has 0 saturated carbocycles. The van der Waals surface area contributed by atoms with Crippen molar-refractivity contribution in [2.24, 2.45) is 0 Å². The summed E-state index contributed by atoms with van der Waals surface area (Å²) < 4.78 is 17.6. The van der Waals surface area contributed by atoms with Gasteiger partial charge in [0.2, 0.25) is 0 Å². The standard InChI is InChI=1S/C14H20FNO/c1-17-12-11-16-10-4-2-3-5-13-6-8-14(15)9-7-13/h2-3,6-9,16H,4-5,10-12H2,1H3. The van der Waals surface area contributed by atoms with Gasteiger partial charge < -0.3 is 10.1 Å². The Labute approximate surface area is 102 Å². The van der Waals surface area contributed by atoms with Gasteiger partial charge in [-0.2, -0.15) is 0 Å². The average Bonchev–Trinajstić information content (AvgIpc) is 2.35. The average molecular weight is 237 g/mol. The van der Waals surface area contributed by atoms with Crippen molar-refractivity contribution in [3.8, 4) is 0 Å². The van der Waals surface area contributed by atoms with Gasteiger partial charge in [0.05, 0.1) is 6.61 Å². The number of ether oxygens (including phenoxy) is 1. The second-order valence-electron chi connectivity index (χ2n) is 3.83. The lowest BCUT2D eigenvalue weighted by Gasteiger charge is -2.00. The predicted octanol–water partition coefficient (Wildman–Crippen LogP) is 2.55. The first-order valence-electron chi connectivity index (χ1n) is 5.92. The van der Waals surface area contributed by atoms with E-state index in [0.29, 0.717) is 0 Å². The second kappa shape index (κ2) is 8.90. The lowest BCUT2D eigenvalue weighted by atomic mass is 10.1. The van der Waals surface area contributed by atoms with Crippen LogP contribution in [0.5, 0.6) is 0 Å². The lowest BCUT2D eigenvalue weighted by Crippen LogP contribution is -2.19. The molecule has 0 aliphatic rings. The molecular weight excluding hydrogens is 217 g/mol. The number of allylic oxidation sites excluding steroid dienone is 1. The summed E-state index contributed by atoms with van der Waals surface area (Å²) in [5, 5.41) is 3.27. The largest absolute Gasteiger partial charge is 0.383 e. The molecule has 0 radical (unpaired) electrons. The van der Waals surface area contributed by atoms with Crippen LogP contribution in [-0.2, 0) is 11.2 Å². The molecule has 1 aromatic carbocycles. The summed E-state index contributed by atoms with van der Waals surface area (Å²) in [5.74, 6) is -0.180. The lowest BCUT2D eigenvalue weighted by molar-refractivity contribution is 0.199. The Morgan fingerprint density at radius 2 is 1.94 bits per heavy atom. The third-order valence-corrected chi connectivity index (χ3v) is 2.40. The molecule has 0 atom stereocenters. The van der Waals surface area contributed by atoms with Crippen LogP contribution in [-0.4, -0.2) is 26.8 Å². The van der Waals surface area contributed by atoms with Gasteiger partial charge in [0, 0.05) is 13.7 Å². The number of benzene rings is 1. The normalized spacial score (nSPS) is 11.2. The Bertz CT molecular complexity index is 321. The first-order chi connectivity index (χ1) is 8.33. The molecule has 0 unspecified atom stereocenters. The molecular formula is C14H20FNO. The van der Waals surface area contributed by atoms with Crippen molar-refractivity contribution in [2.45, 2.75) is 12.8 Å². The maximum atomic E-state index is 12.6. The van der Waals surface area contributed by atoms with E-state index in [1.54, 1.807) is 7.11 Å². The summed E-state index contributed by atoms with van der Waals surface area (Å²) in [6.45, 7) is 2.60. The van der Waals surface area contributed by atoms with Crippen molar-refractivity contribution in [3.63, 3.8) is 0 Å². The van der Waals surface area contributed by atoms with Gasteiger partial charge in [0.1, 0.15) is 5.82 Å². The van der Waals surface area contributed by atoms with E-state index in [1.807, 2.05) is 12.1 Å². The molecule has 0 spiro atoms. The topological polar surface area (TPSA) is 21.3 Å². The van der Waals surface area contributed by atoms with Crippen LogP contribution in [0.4, 0.5) is 4.39 Å². The summed E-state index contributed by atoms with van der Waals surface area (Å²) >= 11 is 0. The van der Waals surface area contributed by atoms with Crippen molar-refractivity contribution < 1.29 is 9.13 Å². The van der Waals surface area contributed by atoms with E-state index in [9.17, 15) is 4.39 Å². The molecule has 0 bridgehead atoms. The summed E-state index contributed by atoms with van der Waals surface area (Å²) in [6, 6.07) is 6.62. The minimum Gasteiger partial charge on any atom is -0.383 e. The van der Waals surface area contributed by atoms with E-state index in [1.165, 1.54) is 12.1 Å². The summed E-state index contributed by atoms with van der Waals surface area (Å²) in [7, 11) is 1.70. The smallest absolute Gasteiger partial charge is 0.123 e. The molecule has 0 aromatic heterocycles. The number of halogens is 1. The molecule has 0 aliphatic heterocycles. The van der Waals surface area contributed by atoms with E-state index in [-0.39, 0.29) is 5.82 Å². The molecule has 0 fully saturated rings. The number of rotatable bonds is 8. The number of methoxy groups -OCH3 is 1. The third-order valence-electron chi connectivity index (χ3n) is 2.40. The van der Waals surface area contributed by atoms with Gasteiger partial charge in [0.15, 0.2) is 0 Å². The van der Waals surface area contributed by atoms with Crippen molar-refractivity contribution in [1.29, 1.82) is 0 Å².